The zero-order chi connectivity index (χ0) is 17.6. The third-order valence-corrected chi connectivity index (χ3v) is 4.53. The predicted molar refractivity (Wildman–Crippen MR) is 102 cm³/mol. The highest BCUT2D eigenvalue weighted by molar-refractivity contribution is 9.10. The Balaban J connectivity index is 1.60. The maximum atomic E-state index is 11.8. The Morgan fingerprint density at radius 3 is 2.72 bits per heavy atom. The Hall–Kier alpha value is -2.66. The number of nitrogens with one attached hydrogen (secondary N) is 1. The second-order valence-corrected chi connectivity index (χ2v) is 6.48. The van der Waals surface area contributed by atoms with E-state index in [2.05, 4.69) is 26.5 Å². The standard InChI is InChI=1S/C20H17BrN2O2/c1-14-7-8-16(12-18(14)21)19-10-9-17(25-19)13-22-23-20(24)11-15-5-3-2-4-6-15/h2-10,12-13H,11H2,1H3,(H,23,24)/b22-13-. The normalized spacial score (nSPS) is 11.0. The molecule has 5 heteroatoms. The molecule has 0 saturated carbocycles. The van der Waals surface area contributed by atoms with Gasteiger partial charge in [0.2, 0.25) is 5.91 Å². The SMILES string of the molecule is Cc1ccc(-c2ccc(/C=N\NC(=O)Cc3ccccc3)o2)cc1Br. The minimum absolute atomic E-state index is 0.170. The van der Waals surface area contributed by atoms with Crippen LogP contribution in [-0.2, 0) is 11.2 Å². The average molecular weight is 397 g/mol. The van der Waals surface area contributed by atoms with E-state index in [4.69, 9.17) is 4.42 Å². The van der Waals surface area contributed by atoms with E-state index in [1.54, 1.807) is 0 Å². The third kappa shape index (κ3) is 4.67. The van der Waals surface area contributed by atoms with E-state index >= 15 is 0 Å². The van der Waals surface area contributed by atoms with Crippen molar-refractivity contribution in [1.29, 1.82) is 0 Å². The topological polar surface area (TPSA) is 54.6 Å². The number of rotatable bonds is 5. The molecule has 1 N–H and O–H groups in total. The molecule has 0 unspecified atom stereocenters. The molecule has 3 rings (SSSR count). The highest BCUT2D eigenvalue weighted by atomic mass is 79.9. The number of carbonyl (C=O) groups is 1. The fraction of sp³-hybridized carbons (Fsp3) is 0.100. The summed E-state index contributed by atoms with van der Waals surface area (Å²) in [5.74, 6) is 1.15. The maximum absolute atomic E-state index is 11.8. The largest absolute Gasteiger partial charge is 0.455 e. The van der Waals surface area contributed by atoms with Gasteiger partial charge in [0.1, 0.15) is 11.5 Å². The van der Waals surface area contributed by atoms with E-state index in [9.17, 15) is 4.79 Å². The van der Waals surface area contributed by atoms with Gasteiger partial charge in [-0.25, -0.2) is 5.43 Å². The van der Waals surface area contributed by atoms with Gasteiger partial charge in [0.25, 0.3) is 0 Å². The van der Waals surface area contributed by atoms with E-state index in [1.165, 1.54) is 11.8 Å². The summed E-state index contributed by atoms with van der Waals surface area (Å²) in [7, 11) is 0. The molecule has 2 aromatic carbocycles. The number of amides is 1. The number of furan rings is 1. The van der Waals surface area contributed by atoms with Crippen LogP contribution in [0.4, 0.5) is 0 Å². The zero-order valence-electron chi connectivity index (χ0n) is 13.7. The van der Waals surface area contributed by atoms with Crippen LogP contribution in [0.1, 0.15) is 16.9 Å². The fourth-order valence-electron chi connectivity index (χ4n) is 2.31. The molecule has 0 aliphatic carbocycles. The molecule has 0 saturated heterocycles. The van der Waals surface area contributed by atoms with Crippen molar-refractivity contribution in [2.45, 2.75) is 13.3 Å². The second kappa shape index (κ2) is 7.94. The van der Waals surface area contributed by atoms with Crippen LogP contribution in [0.2, 0.25) is 0 Å². The van der Waals surface area contributed by atoms with Crippen molar-refractivity contribution in [3.8, 4) is 11.3 Å². The van der Waals surface area contributed by atoms with Crippen LogP contribution in [-0.4, -0.2) is 12.1 Å². The summed E-state index contributed by atoms with van der Waals surface area (Å²) < 4.78 is 6.78. The Morgan fingerprint density at radius 1 is 1.16 bits per heavy atom. The van der Waals surface area contributed by atoms with E-state index in [-0.39, 0.29) is 5.91 Å². The van der Waals surface area contributed by atoms with E-state index in [1.807, 2.05) is 67.6 Å². The fourth-order valence-corrected chi connectivity index (χ4v) is 2.69. The lowest BCUT2D eigenvalue weighted by Crippen LogP contribution is -2.19. The van der Waals surface area contributed by atoms with Gasteiger partial charge in [-0.1, -0.05) is 58.4 Å². The number of halogens is 1. The number of carbonyl (C=O) groups excluding carboxylic acids is 1. The number of hydrazone groups is 1. The Morgan fingerprint density at radius 2 is 1.96 bits per heavy atom. The first-order chi connectivity index (χ1) is 12.1. The molecule has 3 aromatic rings. The minimum Gasteiger partial charge on any atom is -0.455 e. The number of hydrogen-bond donors (Lipinski definition) is 1. The van der Waals surface area contributed by atoms with Crippen molar-refractivity contribution in [3.63, 3.8) is 0 Å². The smallest absolute Gasteiger partial charge is 0.244 e. The molecule has 126 valence electrons. The molecular formula is C20H17BrN2O2. The number of nitrogens with zero attached hydrogens (tertiary/aromatic N) is 1. The Labute approximate surface area is 154 Å². The van der Waals surface area contributed by atoms with E-state index < -0.39 is 0 Å². The van der Waals surface area contributed by atoms with Gasteiger partial charge < -0.3 is 4.42 Å². The van der Waals surface area contributed by atoms with Crippen molar-refractivity contribution in [3.05, 3.63) is 82.0 Å². The van der Waals surface area contributed by atoms with Crippen molar-refractivity contribution in [2.24, 2.45) is 5.10 Å². The highest BCUT2D eigenvalue weighted by Gasteiger charge is 2.06. The first-order valence-corrected chi connectivity index (χ1v) is 8.63. The third-order valence-electron chi connectivity index (χ3n) is 3.67. The van der Waals surface area contributed by atoms with Crippen LogP contribution >= 0.6 is 15.9 Å². The number of benzene rings is 2. The van der Waals surface area contributed by atoms with Gasteiger partial charge in [0.15, 0.2) is 0 Å². The van der Waals surface area contributed by atoms with Crippen LogP contribution in [0.25, 0.3) is 11.3 Å². The van der Waals surface area contributed by atoms with Crippen LogP contribution in [0.15, 0.2) is 74.7 Å². The molecule has 0 radical (unpaired) electrons. The summed E-state index contributed by atoms with van der Waals surface area (Å²) in [6.45, 7) is 2.03. The van der Waals surface area contributed by atoms with E-state index in [0.29, 0.717) is 12.2 Å². The molecule has 0 bridgehead atoms. The van der Waals surface area contributed by atoms with Crippen LogP contribution < -0.4 is 5.43 Å². The van der Waals surface area contributed by atoms with Gasteiger partial charge >= 0.3 is 0 Å². The van der Waals surface area contributed by atoms with Crippen LogP contribution in [0, 0.1) is 6.92 Å². The molecule has 0 fully saturated rings. The van der Waals surface area contributed by atoms with Crippen molar-refractivity contribution >= 4 is 28.1 Å². The summed E-state index contributed by atoms with van der Waals surface area (Å²) in [6, 6.07) is 19.3. The molecule has 0 aliphatic heterocycles. The molecule has 25 heavy (non-hydrogen) atoms. The molecule has 0 atom stereocenters. The van der Waals surface area contributed by atoms with Gasteiger partial charge in [-0.3, -0.25) is 4.79 Å². The first-order valence-electron chi connectivity index (χ1n) is 7.84. The van der Waals surface area contributed by atoms with Crippen LogP contribution in [0.5, 0.6) is 0 Å². The monoisotopic (exact) mass is 396 g/mol. The Bertz CT molecular complexity index is 901. The first kappa shape index (κ1) is 17.2. The molecule has 0 aliphatic rings. The summed E-state index contributed by atoms with van der Waals surface area (Å²) in [5, 5.41) is 3.95. The summed E-state index contributed by atoms with van der Waals surface area (Å²) in [6.07, 6.45) is 1.79. The zero-order valence-corrected chi connectivity index (χ0v) is 15.3. The molecule has 4 nitrogen and oxygen atoms in total. The summed E-state index contributed by atoms with van der Waals surface area (Å²) in [4.78, 5) is 11.8. The lowest BCUT2D eigenvalue weighted by atomic mass is 10.1. The predicted octanol–water partition coefficient (Wildman–Crippen LogP) is 4.71. The number of aryl methyl sites for hydroxylation is 1. The van der Waals surface area contributed by atoms with Gasteiger partial charge in [-0.2, -0.15) is 5.10 Å². The summed E-state index contributed by atoms with van der Waals surface area (Å²) in [5.41, 5.74) is 5.60. The molecule has 1 aromatic heterocycles. The van der Waals surface area contributed by atoms with Gasteiger partial charge in [0.05, 0.1) is 12.6 Å². The Kier molecular flexibility index (Phi) is 5.46. The molecular weight excluding hydrogens is 380 g/mol. The maximum Gasteiger partial charge on any atom is 0.244 e. The van der Waals surface area contributed by atoms with E-state index in [0.717, 1.165) is 21.4 Å². The van der Waals surface area contributed by atoms with Gasteiger partial charge in [-0.05, 0) is 36.2 Å². The molecule has 0 spiro atoms. The van der Waals surface area contributed by atoms with Crippen molar-refractivity contribution in [2.75, 3.05) is 0 Å². The summed E-state index contributed by atoms with van der Waals surface area (Å²) >= 11 is 3.52. The van der Waals surface area contributed by atoms with Crippen LogP contribution in [0.3, 0.4) is 0 Å². The van der Waals surface area contributed by atoms with Gasteiger partial charge in [0, 0.05) is 10.0 Å². The van der Waals surface area contributed by atoms with Gasteiger partial charge in [-0.15, -0.1) is 0 Å². The average Bonchev–Trinajstić information content (AvgIpc) is 3.07. The molecule has 1 amide bonds. The van der Waals surface area contributed by atoms with Crippen molar-refractivity contribution < 1.29 is 9.21 Å². The second-order valence-electron chi connectivity index (χ2n) is 5.62. The lowest BCUT2D eigenvalue weighted by molar-refractivity contribution is -0.120. The number of hydrogen-bond acceptors (Lipinski definition) is 3. The minimum atomic E-state index is -0.170. The quantitative estimate of drug-likeness (QED) is 0.501. The van der Waals surface area contributed by atoms with Crippen molar-refractivity contribution in [1.82, 2.24) is 5.43 Å². The molecule has 1 heterocycles. The lowest BCUT2D eigenvalue weighted by Gasteiger charge is -2.01. The highest BCUT2D eigenvalue weighted by Crippen LogP contribution is 2.26.